The first kappa shape index (κ1) is 25.1. The Bertz CT molecular complexity index is 1080. The van der Waals surface area contributed by atoms with E-state index in [4.69, 9.17) is 9.84 Å². The molecule has 0 saturated carbocycles. The molecule has 0 spiro atoms. The molecule has 0 aromatic heterocycles. The number of ketones is 1. The van der Waals surface area contributed by atoms with E-state index in [1.165, 1.54) is 17.7 Å². The van der Waals surface area contributed by atoms with Gasteiger partial charge in [0.1, 0.15) is 17.7 Å². The molecule has 178 valence electrons. The maximum absolute atomic E-state index is 13.4. The van der Waals surface area contributed by atoms with Crippen molar-refractivity contribution in [3.8, 4) is 5.75 Å². The molecule has 0 fully saturated rings. The maximum atomic E-state index is 13.4. The Morgan fingerprint density at radius 3 is 2.00 bits per heavy atom. The molecule has 1 atom stereocenters. The van der Waals surface area contributed by atoms with E-state index in [1.807, 2.05) is 24.3 Å². The highest BCUT2D eigenvalue weighted by Crippen LogP contribution is 2.27. The predicted octanol–water partition coefficient (Wildman–Crippen LogP) is 5.75. The summed E-state index contributed by atoms with van der Waals surface area (Å²) >= 11 is 0. The van der Waals surface area contributed by atoms with Gasteiger partial charge in [-0.25, -0.2) is 4.39 Å². The van der Waals surface area contributed by atoms with Crippen LogP contribution in [0.2, 0.25) is 0 Å². The molecule has 34 heavy (non-hydrogen) atoms. The number of hydrogen-bond acceptors (Lipinski definition) is 4. The highest BCUT2D eigenvalue weighted by molar-refractivity contribution is 6.09. The average Bonchev–Trinajstić information content (AvgIpc) is 2.83. The number of carbonyl (C=O) groups is 2. The van der Waals surface area contributed by atoms with Crippen molar-refractivity contribution < 1.29 is 23.8 Å². The molecule has 0 radical (unpaired) electrons. The molecule has 0 amide bonds. The quantitative estimate of drug-likeness (QED) is 0.264. The molecule has 3 rings (SSSR count). The summed E-state index contributed by atoms with van der Waals surface area (Å²) < 4.78 is 19.6. The van der Waals surface area contributed by atoms with Gasteiger partial charge in [-0.15, -0.1) is 0 Å². The Morgan fingerprint density at radius 2 is 1.44 bits per heavy atom. The van der Waals surface area contributed by atoms with Crippen LogP contribution in [0.3, 0.4) is 0 Å². The second kappa shape index (κ2) is 12.1. The van der Waals surface area contributed by atoms with Crippen molar-refractivity contribution in [3.05, 3.63) is 101 Å². The number of rotatable bonds is 12. The van der Waals surface area contributed by atoms with E-state index >= 15 is 0 Å². The van der Waals surface area contributed by atoms with Crippen molar-refractivity contribution in [1.82, 2.24) is 5.32 Å². The van der Waals surface area contributed by atoms with E-state index in [9.17, 15) is 14.0 Å². The van der Waals surface area contributed by atoms with Crippen LogP contribution in [0.15, 0.2) is 72.8 Å². The molecular weight excluding hydrogens is 433 g/mol. The number of carboxylic acids is 1. The number of aliphatic carboxylic acids is 1. The van der Waals surface area contributed by atoms with Gasteiger partial charge < -0.3 is 15.2 Å². The van der Waals surface area contributed by atoms with Gasteiger partial charge in [0.15, 0.2) is 5.78 Å². The molecule has 0 saturated heterocycles. The monoisotopic (exact) mass is 463 g/mol. The summed E-state index contributed by atoms with van der Waals surface area (Å²) in [5.74, 6) is -0.282. The first-order valence-electron chi connectivity index (χ1n) is 11.4. The summed E-state index contributed by atoms with van der Waals surface area (Å²) in [4.78, 5) is 23.5. The van der Waals surface area contributed by atoms with Crippen molar-refractivity contribution in [2.45, 2.75) is 38.7 Å². The third-order valence-electron chi connectivity index (χ3n) is 5.57. The minimum absolute atomic E-state index is 0.0542. The van der Waals surface area contributed by atoms with Crippen LogP contribution in [0.5, 0.6) is 5.75 Å². The van der Waals surface area contributed by atoms with E-state index in [0.29, 0.717) is 42.2 Å². The standard InChI is InChI=1S/C28H30FNO4/c1-19(2)20-5-7-22(8-6-20)28(33)23-11-15-25(16-12-23)34-26(4-3-17-30-18-27(31)32)21-9-13-24(29)14-10-21/h5-16,19,26,30H,3-4,17-18H2,1-2H3,(H,31,32). The number of benzene rings is 3. The van der Waals surface area contributed by atoms with Crippen LogP contribution in [0.25, 0.3) is 0 Å². The molecule has 0 aliphatic rings. The molecule has 2 N–H and O–H groups in total. The topological polar surface area (TPSA) is 75.6 Å². The van der Waals surface area contributed by atoms with Gasteiger partial charge in [-0.05, 0) is 72.8 Å². The summed E-state index contributed by atoms with van der Waals surface area (Å²) in [6, 6.07) is 20.8. The van der Waals surface area contributed by atoms with E-state index in [2.05, 4.69) is 19.2 Å². The van der Waals surface area contributed by atoms with Gasteiger partial charge in [-0.1, -0.05) is 50.2 Å². The van der Waals surface area contributed by atoms with E-state index in [-0.39, 0.29) is 24.2 Å². The second-order valence-electron chi connectivity index (χ2n) is 8.50. The summed E-state index contributed by atoms with van der Waals surface area (Å²) in [6.45, 7) is 4.65. The van der Waals surface area contributed by atoms with Crippen LogP contribution in [-0.4, -0.2) is 29.9 Å². The fourth-order valence-corrected chi connectivity index (χ4v) is 3.61. The van der Waals surface area contributed by atoms with Crippen LogP contribution >= 0.6 is 0 Å². The van der Waals surface area contributed by atoms with Crippen LogP contribution < -0.4 is 10.1 Å². The summed E-state index contributed by atoms with van der Waals surface area (Å²) in [7, 11) is 0. The maximum Gasteiger partial charge on any atom is 0.317 e. The molecule has 3 aromatic carbocycles. The van der Waals surface area contributed by atoms with Gasteiger partial charge in [0.25, 0.3) is 0 Å². The van der Waals surface area contributed by atoms with Crippen LogP contribution in [-0.2, 0) is 4.79 Å². The molecule has 0 heterocycles. The molecule has 5 nitrogen and oxygen atoms in total. The summed E-state index contributed by atoms with van der Waals surface area (Å²) in [5, 5.41) is 11.6. The van der Waals surface area contributed by atoms with Crippen LogP contribution in [0.1, 0.15) is 65.8 Å². The average molecular weight is 464 g/mol. The predicted molar refractivity (Wildman–Crippen MR) is 130 cm³/mol. The molecule has 0 bridgehead atoms. The zero-order valence-electron chi connectivity index (χ0n) is 19.5. The normalized spacial score (nSPS) is 11.9. The van der Waals surface area contributed by atoms with Crippen LogP contribution in [0.4, 0.5) is 4.39 Å². The fraction of sp³-hybridized carbons (Fsp3) is 0.286. The molecular formula is C28H30FNO4. The highest BCUT2D eigenvalue weighted by atomic mass is 19.1. The van der Waals surface area contributed by atoms with Gasteiger partial charge in [0.2, 0.25) is 0 Å². The molecule has 0 aliphatic carbocycles. The molecule has 3 aromatic rings. The molecule has 0 aliphatic heterocycles. The first-order valence-corrected chi connectivity index (χ1v) is 11.4. The Kier molecular flexibility index (Phi) is 8.93. The lowest BCUT2D eigenvalue weighted by Gasteiger charge is -2.20. The van der Waals surface area contributed by atoms with E-state index in [1.54, 1.807) is 36.4 Å². The van der Waals surface area contributed by atoms with Crippen molar-refractivity contribution >= 4 is 11.8 Å². The Morgan fingerprint density at radius 1 is 0.882 bits per heavy atom. The number of halogens is 1. The fourth-order valence-electron chi connectivity index (χ4n) is 3.61. The first-order chi connectivity index (χ1) is 16.3. The van der Waals surface area contributed by atoms with Gasteiger partial charge in [-0.2, -0.15) is 0 Å². The number of carbonyl (C=O) groups excluding carboxylic acids is 1. The number of carboxylic acid groups (broad SMARTS) is 1. The minimum Gasteiger partial charge on any atom is -0.486 e. The lowest BCUT2D eigenvalue weighted by Crippen LogP contribution is -2.24. The van der Waals surface area contributed by atoms with Crippen molar-refractivity contribution in [1.29, 1.82) is 0 Å². The smallest absolute Gasteiger partial charge is 0.317 e. The third kappa shape index (κ3) is 7.25. The summed E-state index contributed by atoms with van der Waals surface area (Å²) in [6.07, 6.45) is 0.955. The Labute approximate surface area is 199 Å². The Hall–Kier alpha value is -3.51. The van der Waals surface area contributed by atoms with Gasteiger partial charge >= 0.3 is 5.97 Å². The second-order valence-corrected chi connectivity index (χ2v) is 8.50. The SMILES string of the molecule is CC(C)c1ccc(C(=O)c2ccc(OC(CCCNCC(=O)O)c3ccc(F)cc3)cc2)cc1. The van der Waals surface area contributed by atoms with Gasteiger partial charge in [0, 0.05) is 11.1 Å². The van der Waals surface area contributed by atoms with Crippen LogP contribution in [0, 0.1) is 5.82 Å². The number of nitrogens with one attached hydrogen (secondary N) is 1. The molecule has 1 unspecified atom stereocenters. The Balaban J connectivity index is 1.67. The van der Waals surface area contributed by atoms with Gasteiger partial charge in [0.05, 0.1) is 6.54 Å². The summed E-state index contributed by atoms with van der Waals surface area (Å²) in [5.41, 5.74) is 3.22. The van der Waals surface area contributed by atoms with E-state index < -0.39 is 5.97 Å². The lowest BCUT2D eigenvalue weighted by atomic mass is 9.98. The minimum atomic E-state index is -0.906. The number of hydrogen-bond donors (Lipinski definition) is 2. The zero-order chi connectivity index (χ0) is 24.5. The number of ether oxygens (including phenoxy) is 1. The lowest BCUT2D eigenvalue weighted by molar-refractivity contribution is -0.135. The third-order valence-corrected chi connectivity index (χ3v) is 5.57. The zero-order valence-corrected chi connectivity index (χ0v) is 19.5. The highest BCUT2D eigenvalue weighted by Gasteiger charge is 2.15. The largest absolute Gasteiger partial charge is 0.486 e. The van der Waals surface area contributed by atoms with Crippen molar-refractivity contribution in [3.63, 3.8) is 0 Å². The molecule has 6 heteroatoms. The van der Waals surface area contributed by atoms with Crippen molar-refractivity contribution in [2.24, 2.45) is 0 Å². The van der Waals surface area contributed by atoms with E-state index in [0.717, 1.165) is 5.56 Å². The van der Waals surface area contributed by atoms with Gasteiger partial charge in [-0.3, -0.25) is 9.59 Å². The van der Waals surface area contributed by atoms with Crippen molar-refractivity contribution in [2.75, 3.05) is 13.1 Å².